The summed E-state index contributed by atoms with van der Waals surface area (Å²) in [5, 5.41) is 1.50. The first kappa shape index (κ1) is 25.8. The summed E-state index contributed by atoms with van der Waals surface area (Å²) >= 11 is 0. The van der Waals surface area contributed by atoms with Gasteiger partial charge in [-0.1, -0.05) is 42.0 Å². The van der Waals surface area contributed by atoms with Gasteiger partial charge in [0.05, 0.1) is 21.3 Å². The molecule has 0 unspecified atom stereocenters. The number of hydrogen-bond acceptors (Lipinski definition) is 6. The van der Waals surface area contributed by atoms with E-state index in [-0.39, 0.29) is 30.8 Å². The fourth-order valence-electron chi connectivity index (χ4n) is 4.92. The van der Waals surface area contributed by atoms with Crippen LogP contribution < -0.4 is 19.1 Å². The lowest BCUT2D eigenvalue weighted by Crippen LogP contribution is -2.46. The van der Waals surface area contributed by atoms with Crippen LogP contribution in [0.3, 0.4) is 0 Å². The number of methoxy groups -OCH3 is 3. The van der Waals surface area contributed by atoms with Crippen molar-refractivity contribution in [1.82, 2.24) is 4.90 Å². The number of ether oxygens (including phenoxy) is 3. The summed E-state index contributed by atoms with van der Waals surface area (Å²) in [7, 11) is 4.45. The number of imide groups is 1. The normalized spacial score (nSPS) is 12.5. The molecule has 3 amide bonds. The van der Waals surface area contributed by atoms with Crippen LogP contribution in [0.25, 0.3) is 10.8 Å². The summed E-state index contributed by atoms with van der Waals surface area (Å²) in [5.74, 6) is -0.0552. The first-order valence-electron chi connectivity index (χ1n) is 12.4. The van der Waals surface area contributed by atoms with Crippen LogP contribution in [0, 0.1) is 6.92 Å². The Morgan fingerprint density at radius 1 is 0.795 bits per heavy atom. The Bertz CT molecular complexity index is 1520. The number of amides is 3. The molecule has 0 radical (unpaired) electrons. The monoisotopic (exact) mass is 524 g/mol. The summed E-state index contributed by atoms with van der Waals surface area (Å²) in [6.45, 7) is 2.04. The van der Waals surface area contributed by atoms with Crippen LogP contribution in [0.2, 0.25) is 0 Å². The highest BCUT2D eigenvalue weighted by Crippen LogP contribution is 2.39. The van der Waals surface area contributed by atoms with Gasteiger partial charge in [0, 0.05) is 40.9 Å². The molecule has 1 heterocycles. The summed E-state index contributed by atoms with van der Waals surface area (Å²) < 4.78 is 16.3. The molecule has 1 aliphatic heterocycles. The highest BCUT2D eigenvalue weighted by Gasteiger charge is 2.33. The molecule has 1 aliphatic rings. The summed E-state index contributed by atoms with van der Waals surface area (Å²) in [4.78, 5) is 43.6. The van der Waals surface area contributed by atoms with E-state index in [1.54, 1.807) is 41.3 Å². The molecule has 8 nitrogen and oxygen atoms in total. The van der Waals surface area contributed by atoms with Crippen molar-refractivity contribution in [2.45, 2.75) is 6.92 Å². The van der Waals surface area contributed by atoms with Crippen LogP contribution >= 0.6 is 0 Å². The van der Waals surface area contributed by atoms with Gasteiger partial charge < -0.3 is 19.1 Å². The average Bonchev–Trinajstić information content (AvgIpc) is 2.97. The minimum atomic E-state index is -0.381. The molecule has 0 spiro atoms. The number of rotatable bonds is 8. The predicted octanol–water partition coefficient (Wildman–Crippen LogP) is 5.12. The van der Waals surface area contributed by atoms with Gasteiger partial charge in [0.15, 0.2) is 11.5 Å². The van der Waals surface area contributed by atoms with Crippen LogP contribution in [0.15, 0.2) is 72.8 Å². The Hall–Kier alpha value is -4.85. The molecule has 198 valence electrons. The predicted molar refractivity (Wildman–Crippen MR) is 148 cm³/mol. The number of carbonyl (C=O) groups excluding carboxylic acids is 3. The number of benzene rings is 4. The van der Waals surface area contributed by atoms with E-state index in [2.05, 4.69) is 0 Å². The van der Waals surface area contributed by atoms with E-state index < -0.39 is 0 Å². The van der Waals surface area contributed by atoms with Crippen molar-refractivity contribution in [3.05, 3.63) is 95.1 Å². The fraction of sp³-hybridized carbons (Fsp3) is 0.194. The molecule has 0 bridgehead atoms. The van der Waals surface area contributed by atoms with E-state index in [1.165, 1.54) is 26.2 Å². The number of anilines is 1. The topological polar surface area (TPSA) is 85.4 Å². The molecule has 4 aromatic rings. The quantitative estimate of drug-likeness (QED) is 0.298. The third-order valence-electron chi connectivity index (χ3n) is 6.91. The Kier molecular flexibility index (Phi) is 6.94. The van der Waals surface area contributed by atoms with Gasteiger partial charge in [0.1, 0.15) is 0 Å². The van der Waals surface area contributed by atoms with Gasteiger partial charge in [0.25, 0.3) is 17.7 Å². The second-order valence-corrected chi connectivity index (χ2v) is 9.18. The Morgan fingerprint density at radius 3 is 1.87 bits per heavy atom. The van der Waals surface area contributed by atoms with E-state index in [0.717, 1.165) is 10.9 Å². The van der Waals surface area contributed by atoms with Gasteiger partial charge in [-0.3, -0.25) is 19.3 Å². The maximum Gasteiger partial charge on any atom is 0.261 e. The number of hydrogen-bond donors (Lipinski definition) is 0. The van der Waals surface area contributed by atoms with Gasteiger partial charge in [-0.25, -0.2) is 0 Å². The molecule has 8 heteroatoms. The molecule has 0 saturated heterocycles. The van der Waals surface area contributed by atoms with E-state index in [4.69, 9.17) is 14.2 Å². The van der Waals surface area contributed by atoms with Crippen LogP contribution in [-0.4, -0.2) is 57.0 Å². The fourth-order valence-corrected chi connectivity index (χ4v) is 4.92. The first-order valence-corrected chi connectivity index (χ1v) is 12.4. The molecule has 0 N–H and O–H groups in total. The molecule has 39 heavy (non-hydrogen) atoms. The zero-order valence-corrected chi connectivity index (χ0v) is 22.2. The van der Waals surface area contributed by atoms with Crippen molar-refractivity contribution in [3.63, 3.8) is 0 Å². The Morgan fingerprint density at radius 2 is 1.36 bits per heavy atom. The van der Waals surface area contributed by atoms with Crippen molar-refractivity contribution in [3.8, 4) is 17.2 Å². The highest BCUT2D eigenvalue weighted by atomic mass is 16.5. The van der Waals surface area contributed by atoms with Crippen molar-refractivity contribution in [1.29, 1.82) is 0 Å². The molecular weight excluding hydrogens is 496 g/mol. The van der Waals surface area contributed by atoms with Crippen LogP contribution in [-0.2, 0) is 0 Å². The molecule has 0 atom stereocenters. The number of nitrogens with zero attached hydrogens (tertiary/aromatic N) is 2. The largest absolute Gasteiger partial charge is 0.493 e. The maximum absolute atomic E-state index is 13.9. The zero-order valence-electron chi connectivity index (χ0n) is 22.2. The summed E-state index contributed by atoms with van der Waals surface area (Å²) in [5.41, 5.74) is 2.90. The third kappa shape index (κ3) is 4.54. The van der Waals surface area contributed by atoms with Gasteiger partial charge in [-0.2, -0.15) is 0 Å². The average molecular weight is 525 g/mol. The number of carbonyl (C=O) groups is 3. The minimum Gasteiger partial charge on any atom is -0.493 e. The smallest absolute Gasteiger partial charge is 0.261 e. The van der Waals surface area contributed by atoms with Crippen molar-refractivity contribution in [2.24, 2.45) is 0 Å². The van der Waals surface area contributed by atoms with E-state index in [9.17, 15) is 14.4 Å². The third-order valence-corrected chi connectivity index (χ3v) is 6.91. The highest BCUT2D eigenvalue weighted by molar-refractivity contribution is 6.25. The summed E-state index contributed by atoms with van der Waals surface area (Å²) in [6.07, 6.45) is 0. The van der Waals surface area contributed by atoms with E-state index in [1.807, 2.05) is 43.3 Å². The molecule has 0 saturated carbocycles. The van der Waals surface area contributed by atoms with Crippen LogP contribution in [0.4, 0.5) is 5.69 Å². The van der Waals surface area contributed by atoms with Crippen LogP contribution in [0.1, 0.15) is 36.6 Å². The Labute approximate surface area is 226 Å². The standard InChI is InChI=1S/C31H28N2O6/c1-19-11-13-22(14-12-19)32(29(34)21-17-25(37-2)28(39-4)26(18-21)38-3)15-16-33-30(35)23-9-5-7-20-8-6-10-24(27(20)23)31(33)36/h5-14,17-18H,15-16H2,1-4H3. The van der Waals surface area contributed by atoms with Crippen molar-refractivity contribution >= 4 is 34.2 Å². The summed E-state index contributed by atoms with van der Waals surface area (Å²) in [6, 6.07) is 21.5. The lowest BCUT2D eigenvalue weighted by molar-refractivity contribution is 0.0611. The maximum atomic E-state index is 13.9. The molecule has 0 aliphatic carbocycles. The molecule has 5 rings (SSSR count). The Balaban J connectivity index is 1.50. The lowest BCUT2D eigenvalue weighted by Gasteiger charge is -2.30. The molecular formula is C31H28N2O6. The second kappa shape index (κ2) is 10.5. The first-order chi connectivity index (χ1) is 18.9. The van der Waals surface area contributed by atoms with Gasteiger partial charge in [-0.15, -0.1) is 0 Å². The van der Waals surface area contributed by atoms with Crippen LogP contribution in [0.5, 0.6) is 17.2 Å². The van der Waals surface area contributed by atoms with Gasteiger partial charge in [-0.05, 0) is 48.7 Å². The SMILES string of the molecule is COc1cc(C(=O)N(CCN2C(=O)c3cccc4cccc(c34)C2=O)c2ccc(C)cc2)cc(OC)c1OC. The zero-order chi connectivity index (χ0) is 27.7. The molecule has 0 fully saturated rings. The minimum absolute atomic E-state index is 0.00638. The lowest BCUT2D eigenvalue weighted by atomic mass is 9.94. The molecule has 4 aromatic carbocycles. The van der Waals surface area contributed by atoms with Crippen molar-refractivity contribution in [2.75, 3.05) is 39.3 Å². The van der Waals surface area contributed by atoms with Crippen molar-refractivity contribution < 1.29 is 28.6 Å². The second-order valence-electron chi connectivity index (χ2n) is 9.18. The van der Waals surface area contributed by atoms with Gasteiger partial charge >= 0.3 is 0 Å². The van der Waals surface area contributed by atoms with E-state index >= 15 is 0 Å². The van der Waals surface area contributed by atoms with Gasteiger partial charge in [0.2, 0.25) is 5.75 Å². The van der Waals surface area contributed by atoms with E-state index in [0.29, 0.717) is 45.0 Å². The molecule has 0 aromatic heterocycles. The number of aryl methyl sites for hydroxylation is 1.